The minimum atomic E-state index is -1.94. The van der Waals surface area contributed by atoms with Crippen LogP contribution in [-0.4, -0.2) is 19.0 Å². The van der Waals surface area contributed by atoms with Crippen molar-refractivity contribution in [2.45, 2.75) is 4.90 Å². The fraction of sp³-hybridized carbons (Fsp3) is 0. The van der Waals surface area contributed by atoms with E-state index in [-0.39, 0.29) is 0 Å². The first kappa shape index (κ1) is 9.11. The van der Waals surface area contributed by atoms with Gasteiger partial charge in [0.05, 0.1) is 10.6 Å². The van der Waals surface area contributed by atoms with Gasteiger partial charge in [-0.25, -0.2) is 4.21 Å². The third-order valence-corrected chi connectivity index (χ3v) is 2.50. The van der Waals surface area contributed by atoms with E-state index in [9.17, 15) is 4.21 Å². The molecule has 0 fully saturated rings. The zero-order valence-electron chi connectivity index (χ0n) is 7.18. The van der Waals surface area contributed by atoms with Crippen LogP contribution in [0.15, 0.2) is 41.4 Å². The van der Waals surface area contributed by atoms with Crippen LogP contribution < -0.4 is 0 Å². The van der Waals surface area contributed by atoms with Crippen molar-refractivity contribution in [3.8, 4) is 11.3 Å². The number of rotatable bonds is 2. The lowest BCUT2D eigenvalue weighted by Gasteiger charge is -1.99. The number of hydrogen-bond acceptors (Lipinski definition) is 2. The average Bonchev–Trinajstić information content (AvgIpc) is 2.71. The lowest BCUT2D eigenvalue weighted by atomic mass is 10.2. The van der Waals surface area contributed by atoms with E-state index in [0.29, 0.717) is 4.90 Å². The summed E-state index contributed by atoms with van der Waals surface area (Å²) in [7, 11) is 0. The van der Waals surface area contributed by atoms with Crippen molar-refractivity contribution in [2.75, 3.05) is 0 Å². The SMILES string of the molecule is O=S(O)c1cccc(-c2ccn[nH]2)c1. The Kier molecular flexibility index (Phi) is 2.43. The molecule has 0 saturated carbocycles. The molecule has 0 spiro atoms. The van der Waals surface area contributed by atoms with Crippen LogP contribution in [0.4, 0.5) is 0 Å². The van der Waals surface area contributed by atoms with Gasteiger partial charge in [0.25, 0.3) is 0 Å². The molecule has 2 N–H and O–H groups in total. The Morgan fingerprint density at radius 2 is 2.21 bits per heavy atom. The second kappa shape index (κ2) is 3.73. The van der Waals surface area contributed by atoms with Crippen LogP contribution in [0, 0.1) is 0 Å². The smallest absolute Gasteiger partial charge is 0.186 e. The maximum Gasteiger partial charge on any atom is 0.186 e. The van der Waals surface area contributed by atoms with Gasteiger partial charge >= 0.3 is 0 Å². The van der Waals surface area contributed by atoms with Gasteiger partial charge in [-0.2, -0.15) is 5.10 Å². The summed E-state index contributed by atoms with van der Waals surface area (Å²) in [6.07, 6.45) is 1.64. The van der Waals surface area contributed by atoms with Crippen molar-refractivity contribution >= 4 is 11.1 Å². The second-order valence-corrected chi connectivity index (χ2v) is 3.72. The van der Waals surface area contributed by atoms with Crippen molar-refractivity contribution in [3.05, 3.63) is 36.5 Å². The van der Waals surface area contributed by atoms with Gasteiger partial charge in [-0.1, -0.05) is 12.1 Å². The molecule has 1 atom stereocenters. The standard InChI is InChI=1S/C9H8N2O2S/c12-14(13)8-3-1-2-7(6-8)9-4-5-10-11-9/h1-6H,(H,10,11)(H,12,13). The monoisotopic (exact) mass is 208 g/mol. The number of aromatic nitrogens is 2. The van der Waals surface area contributed by atoms with Crippen LogP contribution in [0.3, 0.4) is 0 Å². The molecule has 0 saturated heterocycles. The lowest BCUT2D eigenvalue weighted by Crippen LogP contribution is -1.88. The highest BCUT2D eigenvalue weighted by Gasteiger charge is 2.03. The number of nitrogens with zero attached hydrogens (tertiary/aromatic N) is 1. The first-order chi connectivity index (χ1) is 6.77. The van der Waals surface area contributed by atoms with Crippen LogP contribution in [0.1, 0.15) is 0 Å². The average molecular weight is 208 g/mol. The fourth-order valence-corrected chi connectivity index (χ4v) is 1.61. The zero-order valence-corrected chi connectivity index (χ0v) is 7.99. The first-order valence-electron chi connectivity index (χ1n) is 3.98. The Morgan fingerprint density at radius 3 is 2.86 bits per heavy atom. The van der Waals surface area contributed by atoms with Crippen molar-refractivity contribution in [3.63, 3.8) is 0 Å². The molecular weight excluding hydrogens is 200 g/mol. The quantitative estimate of drug-likeness (QED) is 0.737. The molecule has 0 amide bonds. The molecule has 0 bridgehead atoms. The minimum Gasteiger partial charge on any atom is -0.302 e. The Bertz CT molecular complexity index is 454. The van der Waals surface area contributed by atoms with Gasteiger partial charge < -0.3 is 4.55 Å². The van der Waals surface area contributed by atoms with Crippen LogP contribution in [0.25, 0.3) is 11.3 Å². The lowest BCUT2D eigenvalue weighted by molar-refractivity contribution is 0.564. The Balaban J connectivity index is 2.46. The van der Waals surface area contributed by atoms with Gasteiger partial charge in [0.2, 0.25) is 0 Å². The predicted octanol–water partition coefficient (Wildman–Crippen LogP) is 1.66. The molecule has 1 aromatic heterocycles. The summed E-state index contributed by atoms with van der Waals surface area (Å²) >= 11 is -1.94. The highest BCUT2D eigenvalue weighted by Crippen LogP contribution is 2.18. The molecule has 72 valence electrons. The van der Waals surface area contributed by atoms with E-state index in [1.807, 2.05) is 6.07 Å². The van der Waals surface area contributed by atoms with Gasteiger partial charge in [-0.3, -0.25) is 5.10 Å². The molecule has 0 aliphatic heterocycles. The van der Waals surface area contributed by atoms with E-state index in [2.05, 4.69) is 10.2 Å². The Morgan fingerprint density at radius 1 is 1.36 bits per heavy atom. The molecule has 5 heteroatoms. The van der Waals surface area contributed by atoms with E-state index in [1.165, 1.54) is 0 Å². The summed E-state index contributed by atoms with van der Waals surface area (Å²) in [6, 6.07) is 8.66. The molecule has 1 heterocycles. The fourth-order valence-electron chi connectivity index (χ4n) is 1.19. The van der Waals surface area contributed by atoms with Gasteiger partial charge in [0.1, 0.15) is 0 Å². The van der Waals surface area contributed by atoms with Gasteiger partial charge in [0.15, 0.2) is 11.1 Å². The molecule has 2 rings (SSSR count). The van der Waals surface area contributed by atoms with Crippen molar-refractivity contribution in [1.29, 1.82) is 0 Å². The van der Waals surface area contributed by atoms with Crippen LogP contribution in [0.2, 0.25) is 0 Å². The summed E-state index contributed by atoms with van der Waals surface area (Å²) in [5, 5.41) is 6.60. The number of benzene rings is 1. The topological polar surface area (TPSA) is 66.0 Å². The molecule has 0 aliphatic rings. The van der Waals surface area contributed by atoms with Crippen molar-refractivity contribution < 1.29 is 8.76 Å². The number of nitrogens with one attached hydrogen (secondary N) is 1. The van der Waals surface area contributed by atoms with E-state index in [1.54, 1.807) is 30.5 Å². The normalized spacial score (nSPS) is 12.6. The summed E-state index contributed by atoms with van der Waals surface area (Å²) in [5.74, 6) is 0. The Labute approximate surface area is 83.3 Å². The van der Waals surface area contributed by atoms with E-state index >= 15 is 0 Å². The first-order valence-corrected chi connectivity index (χ1v) is 5.09. The van der Waals surface area contributed by atoms with Crippen molar-refractivity contribution in [1.82, 2.24) is 10.2 Å². The highest BCUT2D eigenvalue weighted by molar-refractivity contribution is 7.79. The molecule has 2 aromatic rings. The number of H-pyrrole nitrogens is 1. The molecule has 1 aromatic carbocycles. The predicted molar refractivity (Wildman–Crippen MR) is 53.1 cm³/mol. The maximum absolute atomic E-state index is 10.8. The largest absolute Gasteiger partial charge is 0.302 e. The molecule has 0 aliphatic carbocycles. The highest BCUT2D eigenvalue weighted by atomic mass is 32.2. The molecule has 4 nitrogen and oxygen atoms in total. The number of aromatic amines is 1. The molecule has 14 heavy (non-hydrogen) atoms. The van der Waals surface area contributed by atoms with Crippen molar-refractivity contribution in [2.24, 2.45) is 0 Å². The van der Waals surface area contributed by atoms with E-state index < -0.39 is 11.1 Å². The van der Waals surface area contributed by atoms with Gasteiger partial charge in [-0.15, -0.1) is 0 Å². The minimum absolute atomic E-state index is 0.386. The van der Waals surface area contributed by atoms with Crippen LogP contribution >= 0.6 is 0 Å². The Hall–Kier alpha value is -1.46. The zero-order chi connectivity index (χ0) is 9.97. The summed E-state index contributed by atoms with van der Waals surface area (Å²) < 4.78 is 19.7. The van der Waals surface area contributed by atoms with Crippen LogP contribution in [0.5, 0.6) is 0 Å². The summed E-state index contributed by atoms with van der Waals surface area (Å²) in [5.41, 5.74) is 1.68. The third-order valence-electron chi connectivity index (χ3n) is 1.85. The number of hydrogen-bond donors (Lipinski definition) is 2. The van der Waals surface area contributed by atoms with Gasteiger partial charge in [0, 0.05) is 11.8 Å². The summed E-state index contributed by atoms with van der Waals surface area (Å²) in [4.78, 5) is 0.386. The third kappa shape index (κ3) is 1.73. The van der Waals surface area contributed by atoms with E-state index in [4.69, 9.17) is 4.55 Å². The molecule has 0 radical (unpaired) electrons. The van der Waals surface area contributed by atoms with Crippen LogP contribution in [-0.2, 0) is 11.1 Å². The second-order valence-electron chi connectivity index (χ2n) is 2.75. The molecule has 1 unspecified atom stereocenters. The van der Waals surface area contributed by atoms with E-state index in [0.717, 1.165) is 11.3 Å². The van der Waals surface area contributed by atoms with Gasteiger partial charge in [-0.05, 0) is 18.2 Å². The summed E-state index contributed by atoms with van der Waals surface area (Å²) in [6.45, 7) is 0. The maximum atomic E-state index is 10.8. The molecular formula is C9H8N2O2S.